The van der Waals surface area contributed by atoms with Gasteiger partial charge in [0.05, 0.1) is 0 Å². The maximum atomic E-state index is 12.1. The average molecular weight is 282 g/mol. The largest absolute Gasteiger partial charge is 0.457 e. The highest BCUT2D eigenvalue weighted by Gasteiger charge is 2.31. The molecule has 1 rings (SSSR count). The number of likely N-dealkylation sites (tertiary alicyclic amines) is 1. The number of alkyl halides is 3. The fraction of sp³-hybridized carbons (Fsp3) is 0.917. The first-order valence-corrected chi connectivity index (χ1v) is 6.36. The minimum absolute atomic E-state index is 0.164. The Morgan fingerprint density at radius 2 is 2.00 bits per heavy atom. The second-order valence-electron chi connectivity index (χ2n) is 5.81. The van der Waals surface area contributed by atoms with Gasteiger partial charge in [-0.25, -0.2) is 10.1 Å². The van der Waals surface area contributed by atoms with E-state index < -0.39 is 18.0 Å². The summed E-state index contributed by atoms with van der Waals surface area (Å²) in [6.07, 6.45) is -3.44. The molecule has 0 radical (unpaired) electrons. The van der Waals surface area contributed by atoms with Crippen LogP contribution in [0.1, 0.15) is 33.6 Å². The van der Waals surface area contributed by atoms with Crippen LogP contribution in [0.25, 0.3) is 0 Å². The van der Waals surface area contributed by atoms with Crippen LogP contribution < -0.4 is 5.32 Å². The summed E-state index contributed by atoms with van der Waals surface area (Å²) in [5, 5.41) is 1.52. The Morgan fingerprint density at radius 3 is 2.53 bits per heavy atom. The molecule has 0 spiro atoms. The lowest BCUT2D eigenvalue weighted by Gasteiger charge is -2.34. The number of carbonyl (C=O) groups is 1. The Bertz CT molecular complexity index is 313. The molecule has 1 unspecified atom stereocenters. The minimum atomic E-state index is -4.37. The first kappa shape index (κ1) is 16.1. The van der Waals surface area contributed by atoms with Crippen molar-refractivity contribution < 1.29 is 22.7 Å². The lowest BCUT2D eigenvalue weighted by molar-refractivity contribution is -0.159. The van der Waals surface area contributed by atoms with Crippen molar-refractivity contribution in [2.45, 2.75) is 45.5 Å². The summed E-state index contributed by atoms with van der Waals surface area (Å²) >= 11 is 0. The molecular formula is C12H21F3N2O2. The minimum Gasteiger partial charge on any atom is -0.444 e. The molecule has 4 nitrogen and oxygen atoms in total. The molecule has 1 fully saturated rings. The number of hydrogen-bond donors (Lipinski definition) is 1. The Kier molecular flexibility index (Phi) is 5.06. The summed E-state index contributed by atoms with van der Waals surface area (Å²) in [4.78, 5) is 13.3. The zero-order valence-corrected chi connectivity index (χ0v) is 11.5. The van der Waals surface area contributed by atoms with Crippen LogP contribution in [0.4, 0.5) is 18.0 Å². The smallest absolute Gasteiger partial charge is 0.444 e. The maximum absolute atomic E-state index is 12.1. The van der Waals surface area contributed by atoms with Crippen LogP contribution in [-0.4, -0.2) is 42.5 Å². The molecule has 0 aromatic carbocycles. The average Bonchev–Trinajstić information content (AvgIpc) is 2.23. The quantitative estimate of drug-likeness (QED) is 0.792. The third-order valence-electron chi connectivity index (χ3n) is 2.76. The molecule has 0 aromatic rings. The van der Waals surface area contributed by atoms with Gasteiger partial charge in [-0.05, 0) is 39.5 Å². The van der Waals surface area contributed by atoms with Gasteiger partial charge in [0.15, 0.2) is 0 Å². The van der Waals surface area contributed by atoms with Gasteiger partial charge < -0.3 is 9.64 Å². The van der Waals surface area contributed by atoms with E-state index in [0.717, 1.165) is 0 Å². The second kappa shape index (κ2) is 5.98. The van der Waals surface area contributed by atoms with E-state index in [1.165, 1.54) is 10.2 Å². The monoisotopic (exact) mass is 282 g/mol. The van der Waals surface area contributed by atoms with Crippen LogP contribution in [-0.2, 0) is 4.74 Å². The Hall–Kier alpha value is -0.980. The molecule has 1 amide bonds. The lowest BCUT2D eigenvalue weighted by Crippen LogP contribution is -2.46. The highest BCUT2D eigenvalue weighted by atomic mass is 19.4. The summed E-state index contributed by atoms with van der Waals surface area (Å²) in [5.41, 5.74) is -0.589. The van der Waals surface area contributed by atoms with Gasteiger partial charge in [-0.15, -0.1) is 0 Å². The Labute approximate surface area is 111 Å². The van der Waals surface area contributed by atoms with Crippen LogP contribution in [0.15, 0.2) is 0 Å². The number of amides is 1. The molecule has 0 saturated carbocycles. The van der Waals surface area contributed by atoms with Crippen molar-refractivity contribution in [3.05, 3.63) is 0 Å². The molecule has 112 valence electrons. The van der Waals surface area contributed by atoms with Gasteiger partial charge in [-0.3, -0.25) is 0 Å². The van der Waals surface area contributed by atoms with E-state index in [9.17, 15) is 18.0 Å². The Morgan fingerprint density at radius 1 is 1.37 bits per heavy atom. The highest BCUT2D eigenvalue weighted by Crippen LogP contribution is 2.20. The summed E-state index contributed by atoms with van der Waals surface area (Å²) in [5.74, 6) is -0.192. The molecule has 1 aliphatic heterocycles. The fourth-order valence-electron chi connectivity index (χ4n) is 1.98. The van der Waals surface area contributed by atoms with Crippen molar-refractivity contribution in [1.82, 2.24) is 10.2 Å². The maximum Gasteiger partial charge on any atom is 0.457 e. The van der Waals surface area contributed by atoms with Crippen LogP contribution in [0.2, 0.25) is 0 Å². The number of piperidine rings is 1. The van der Waals surface area contributed by atoms with Crippen LogP contribution in [0, 0.1) is 5.92 Å². The zero-order valence-electron chi connectivity index (χ0n) is 11.5. The standard InChI is InChI=1S/C12H21F3N2O2/c1-11(2,3)19-10(18)17-6-4-5-9(8-17)7-16-12(13,14)15/h9,16H,4-8H2,1-3H3. The number of hydrogen-bond acceptors (Lipinski definition) is 3. The van der Waals surface area contributed by atoms with Crippen molar-refractivity contribution >= 4 is 6.09 Å². The highest BCUT2D eigenvalue weighted by molar-refractivity contribution is 5.68. The molecule has 0 aromatic heterocycles. The molecule has 1 atom stereocenters. The number of halogens is 3. The van der Waals surface area contributed by atoms with E-state index in [1.807, 2.05) is 0 Å². The third kappa shape index (κ3) is 6.66. The van der Waals surface area contributed by atoms with Gasteiger partial charge in [0.2, 0.25) is 0 Å². The van der Waals surface area contributed by atoms with E-state index in [1.54, 1.807) is 20.8 Å². The first-order valence-electron chi connectivity index (χ1n) is 6.36. The zero-order chi connectivity index (χ0) is 14.7. The summed E-state index contributed by atoms with van der Waals surface area (Å²) in [7, 11) is 0. The number of nitrogens with zero attached hydrogens (tertiary/aromatic N) is 1. The predicted octanol–water partition coefficient (Wildman–Crippen LogP) is 2.74. The number of nitrogens with one attached hydrogen (secondary N) is 1. The van der Waals surface area contributed by atoms with E-state index in [2.05, 4.69) is 0 Å². The normalized spacial score (nSPS) is 21.4. The predicted molar refractivity (Wildman–Crippen MR) is 64.6 cm³/mol. The molecule has 7 heteroatoms. The van der Waals surface area contributed by atoms with E-state index in [4.69, 9.17) is 4.74 Å². The molecule has 1 N–H and O–H groups in total. The van der Waals surface area contributed by atoms with Gasteiger partial charge in [-0.2, -0.15) is 13.2 Å². The first-order chi connectivity index (χ1) is 8.57. The Balaban J connectivity index is 2.44. The van der Waals surface area contributed by atoms with E-state index >= 15 is 0 Å². The van der Waals surface area contributed by atoms with Gasteiger partial charge in [-0.1, -0.05) is 0 Å². The van der Waals surface area contributed by atoms with E-state index in [-0.39, 0.29) is 12.5 Å². The van der Waals surface area contributed by atoms with Crippen LogP contribution in [0.5, 0.6) is 0 Å². The van der Waals surface area contributed by atoms with Gasteiger partial charge in [0.1, 0.15) is 5.60 Å². The lowest BCUT2D eigenvalue weighted by atomic mass is 9.98. The van der Waals surface area contributed by atoms with Crippen LogP contribution >= 0.6 is 0 Å². The number of carbonyl (C=O) groups excluding carboxylic acids is 1. The van der Waals surface area contributed by atoms with Crippen molar-refractivity contribution in [2.24, 2.45) is 5.92 Å². The van der Waals surface area contributed by atoms with Gasteiger partial charge in [0, 0.05) is 19.6 Å². The summed E-state index contributed by atoms with van der Waals surface area (Å²) in [6, 6.07) is 0. The topological polar surface area (TPSA) is 41.6 Å². The number of rotatable bonds is 2. The van der Waals surface area contributed by atoms with Crippen molar-refractivity contribution in [3.63, 3.8) is 0 Å². The number of ether oxygens (including phenoxy) is 1. The fourth-order valence-corrected chi connectivity index (χ4v) is 1.98. The molecule has 1 saturated heterocycles. The van der Waals surface area contributed by atoms with Crippen molar-refractivity contribution in [1.29, 1.82) is 0 Å². The SMILES string of the molecule is CC(C)(C)OC(=O)N1CCCC(CNC(F)(F)F)C1. The molecule has 1 aliphatic rings. The van der Waals surface area contributed by atoms with Crippen molar-refractivity contribution in [3.8, 4) is 0 Å². The summed E-state index contributed by atoms with van der Waals surface area (Å²) in [6.45, 7) is 5.96. The van der Waals surface area contributed by atoms with Crippen molar-refractivity contribution in [2.75, 3.05) is 19.6 Å². The molecule has 1 heterocycles. The van der Waals surface area contributed by atoms with Gasteiger partial charge >= 0.3 is 12.4 Å². The van der Waals surface area contributed by atoms with E-state index in [0.29, 0.717) is 25.9 Å². The van der Waals surface area contributed by atoms with Crippen LogP contribution in [0.3, 0.4) is 0 Å². The molecule has 0 bridgehead atoms. The summed E-state index contributed by atoms with van der Waals surface area (Å²) < 4.78 is 41.4. The van der Waals surface area contributed by atoms with Gasteiger partial charge in [0.25, 0.3) is 0 Å². The molecule has 19 heavy (non-hydrogen) atoms. The third-order valence-corrected chi connectivity index (χ3v) is 2.76. The molecule has 0 aliphatic carbocycles. The molecular weight excluding hydrogens is 261 g/mol. The second-order valence-corrected chi connectivity index (χ2v) is 5.81.